The van der Waals surface area contributed by atoms with Gasteiger partial charge in [0.15, 0.2) is 0 Å². The molecule has 0 radical (unpaired) electrons. The van der Waals surface area contributed by atoms with Crippen molar-refractivity contribution in [1.29, 1.82) is 0 Å². The summed E-state index contributed by atoms with van der Waals surface area (Å²) in [5.74, 6) is 6.38. The highest BCUT2D eigenvalue weighted by Gasteiger charge is 2.23. The first-order valence-corrected chi connectivity index (χ1v) is 7.84. The maximum Gasteiger partial charge on any atom is 0.0582 e. The molecule has 3 heteroatoms. The summed E-state index contributed by atoms with van der Waals surface area (Å²) in [4.78, 5) is 0. The van der Waals surface area contributed by atoms with Crippen molar-refractivity contribution >= 4 is 6.08 Å². The highest BCUT2D eigenvalue weighted by molar-refractivity contribution is 5.54. The second kappa shape index (κ2) is 7.36. The molecule has 1 fully saturated rings. The van der Waals surface area contributed by atoms with Gasteiger partial charge in [0.05, 0.1) is 6.04 Å². The van der Waals surface area contributed by atoms with Crippen molar-refractivity contribution < 1.29 is 0 Å². The van der Waals surface area contributed by atoms with Crippen molar-refractivity contribution in [2.75, 3.05) is 13.1 Å². The molecule has 1 aliphatic heterocycles. The molecule has 3 nitrogen and oxygen atoms in total. The lowest BCUT2D eigenvalue weighted by molar-refractivity contribution is 0.200. The van der Waals surface area contributed by atoms with Crippen LogP contribution in [0.3, 0.4) is 0 Å². The van der Waals surface area contributed by atoms with Gasteiger partial charge in [-0.15, -0.1) is 0 Å². The largest absolute Gasteiger partial charge is 0.314 e. The number of hydrogen-bond donors (Lipinski definition) is 2. The molecule has 1 atom stereocenters. The van der Waals surface area contributed by atoms with E-state index >= 15 is 0 Å². The Bertz CT molecular complexity index is 607. The van der Waals surface area contributed by atoms with Gasteiger partial charge in [-0.2, -0.15) is 0 Å². The number of nitrogens with one attached hydrogen (secondary N) is 1. The molecule has 2 aromatic rings. The normalized spacial score (nSPS) is 20.5. The third-order valence-electron chi connectivity index (χ3n) is 4.12. The van der Waals surface area contributed by atoms with Crippen LogP contribution < -0.4 is 11.2 Å². The highest BCUT2D eigenvalue weighted by Crippen LogP contribution is 2.20. The molecule has 0 aromatic heterocycles. The molecule has 0 saturated carbocycles. The van der Waals surface area contributed by atoms with Gasteiger partial charge in [0, 0.05) is 13.1 Å². The highest BCUT2D eigenvalue weighted by atomic mass is 15.4. The Hall–Kier alpha value is -1.94. The van der Waals surface area contributed by atoms with Crippen LogP contribution >= 0.6 is 0 Å². The number of hydrogen-bond acceptors (Lipinski definition) is 3. The Balaban J connectivity index is 1.76. The molecular formula is C19H23N3. The summed E-state index contributed by atoms with van der Waals surface area (Å²) in [5.41, 5.74) is 3.90. The molecule has 1 aliphatic rings. The van der Waals surface area contributed by atoms with Crippen LogP contribution in [0.5, 0.6) is 0 Å². The molecular weight excluding hydrogens is 270 g/mol. The lowest BCUT2D eigenvalue weighted by Crippen LogP contribution is -2.50. The zero-order valence-electron chi connectivity index (χ0n) is 12.8. The van der Waals surface area contributed by atoms with E-state index in [4.69, 9.17) is 5.84 Å². The summed E-state index contributed by atoms with van der Waals surface area (Å²) in [5, 5.41) is 5.41. The molecule has 22 heavy (non-hydrogen) atoms. The lowest BCUT2D eigenvalue weighted by Gasteiger charge is -2.33. The van der Waals surface area contributed by atoms with Gasteiger partial charge in [0.25, 0.3) is 0 Å². The Morgan fingerprint density at radius 1 is 1.05 bits per heavy atom. The second-order valence-corrected chi connectivity index (χ2v) is 5.76. The van der Waals surface area contributed by atoms with E-state index in [1.807, 2.05) is 17.1 Å². The van der Waals surface area contributed by atoms with Gasteiger partial charge < -0.3 is 5.32 Å². The SMILES string of the molecule is NN(Cc1ccccc1)C1CNCCC1=Cc1ccccc1. The lowest BCUT2D eigenvalue weighted by atomic mass is 9.96. The van der Waals surface area contributed by atoms with Crippen molar-refractivity contribution in [2.24, 2.45) is 5.84 Å². The molecule has 1 heterocycles. The van der Waals surface area contributed by atoms with Crippen LogP contribution in [-0.2, 0) is 6.54 Å². The van der Waals surface area contributed by atoms with E-state index in [1.165, 1.54) is 16.7 Å². The number of rotatable bonds is 4. The van der Waals surface area contributed by atoms with E-state index in [0.717, 1.165) is 26.1 Å². The van der Waals surface area contributed by atoms with E-state index in [1.54, 1.807) is 0 Å². The van der Waals surface area contributed by atoms with Crippen LogP contribution in [0.25, 0.3) is 6.08 Å². The predicted octanol–water partition coefficient (Wildman–Crippen LogP) is 2.81. The predicted molar refractivity (Wildman–Crippen MR) is 91.9 cm³/mol. The zero-order valence-corrected chi connectivity index (χ0v) is 12.8. The van der Waals surface area contributed by atoms with Crippen LogP contribution in [-0.4, -0.2) is 24.1 Å². The standard InChI is InChI=1S/C19H23N3/c20-22(15-17-9-5-2-6-10-17)19-14-21-12-11-18(19)13-16-7-3-1-4-8-16/h1-10,13,19,21H,11-12,14-15,20H2. The van der Waals surface area contributed by atoms with Crippen LogP contribution in [0, 0.1) is 0 Å². The maximum atomic E-state index is 6.38. The van der Waals surface area contributed by atoms with Gasteiger partial charge in [-0.05, 0) is 29.7 Å². The number of hydrazine groups is 1. The van der Waals surface area contributed by atoms with E-state index in [2.05, 4.69) is 59.9 Å². The van der Waals surface area contributed by atoms with Gasteiger partial charge in [-0.25, -0.2) is 5.01 Å². The van der Waals surface area contributed by atoms with E-state index in [9.17, 15) is 0 Å². The number of piperidine rings is 1. The summed E-state index contributed by atoms with van der Waals surface area (Å²) in [7, 11) is 0. The van der Waals surface area contributed by atoms with Gasteiger partial charge >= 0.3 is 0 Å². The van der Waals surface area contributed by atoms with Gasteiger partial charge in [-0.3, -0.25) is 5.84 Å². The molecule has 0 amide bonds. The Morgan fingerprint density at radius 3 is 2.45 bits per heavy atom. The fourth-order valence-electron chi connectivity index (χ4n) is 2.94. The van der Waals surface area contributed by atoms with Gasteiger partial charge in [0.1, 0.15) is 0 Å². The fourth-order valence-corrected chi connectivity index (χ4v) is 2.94. The van der Waals surface area contributed by atoms with Crippen molar-refractivity contribution in [3.8, 4) is 0 Å². The summed E-state index contributed by atoms with van der Waals surface area (Å²) in [6, 6.07) is 21.1. The number of benzene rings is 2. The van der Waals surface area contributed by atoms with Crippen molar-refractivity contribution in [1.82, 2.24) is 10.3 Å². The zero-order chi connectivity index (χ0) is 15.2. The molecule has 1 unspecified atom stereocenters. The first-order chi connectivity index (χ1) is 10.8. The summed E-state index contributed by atoms with van der Waals surface area (Å²) in [6.07, 6.45) is 3.33. The minimum Gasteiger partial charge on any atom is -0.314 e. The van der Waals surface area contributed by atoms with Gasteiger partial charge in [0.2, 0.25) is 0 Å². The first kappa shape index (κ1) is 15.0. The summed E-state index contributed by atoms with van der Waals surface area (Å²) >= 11 is 0. The third-order valence-corrected chi connectivity index (χ3v) is 4.12. The van der Waals surface area contributed by atoms with Crippen LogP contribution in [0.2, 0.25) is 0 Å². The third kappa shape index (κ3) is 3.83. The Morgan fingerprint density at radius 2 is 1.73 bits per heavy atom. The minimum atomic E-state index is 0.245. The number of nitrogens with two attached hydrogens (primary N) is 1. The van der Waals surface area contributed by atoms with E-state index in [-0.39, 0.29) is 6.04 Å². The average molecular weight is 293 g/mol. The first-order valence-electron chi connectivity index (χ1n) is 7.84. The minimum absolute atomic E-state index is 0.245. The summed E-state index contributed by atoms with van der Waals surface area (Å²) < 4.78 is 0. The molecule has 2 aromatic carbocycles. The van der Waals surface area contributed by atoms with Crippen molar-refractivity contribution in [2.45, 2.75) is 19.0 Å². The monoisotopic (exact) mass is 293 g/mol. The molecule has 0 aliphatic carbocycles. The molecule has 0 spiro atoms. The molecule has 1 saturated heterocycles. The molecule has 3 N–H and O–H groups in total. The van der Waals surface area contributed by atoms with Crippen molar-refractivity contribution in [3.63, 3.8) is 0 Å². The molecule has 114 valence electrons. The van der Waals surface area contributed by atoms with E-state index < -0.39 is 0 Å². The average Bonchev–Trinajstić information content (AvgIpc) is 2.57. The van der Waals surface area contributed by atoms with Crippen LogP contribution in [0.1, 0.15) is 17.5 Å². The second-order valence-electron chi connectivity index (χ2n) is 5.76. The van der Waals surface area contributed by atoms with Crippen molar-refractivity contribution in [3.05, 3.63) is 77.4 Å². The maximum absolute atomic E-state index is 6.38. The molecule has 0 bridgehead atoms. The number of nitrogens with zero attached hydrogens (tertiary/aromatic N) is 1. The summed E-state index contributed by atoms with van der Waals surface area (Å²) in [6.45, 7) is 2.69. The molecule has 3 rings (SSSR count). The van der Waals surface area contributed by atoms with E-state index in [0.29, 0.717) is 0 Å². The fraction of sp³-hybridized carbons (Fsp3) is 0.263. The topological polar surface area (TPSA) is 41.3 Å². The Labute approximate surface area is 132 Å². The Kier molecular flexibility index (Phi) is 5.01. The van der Waals surface area contributed by atoms with Crippen LogP contribution in [0.4, 0.5) is 0 Å². The van der Waals surface area contributed by atoms with Gasteiger partial charge in [-0.1, -0.05) is 66.7 Å². The van der Waals surface area contributed by atoms with Crippen LogP contribution in [0.15, 0.2) is 66.2 Å². The quantitative estimate of drug-likeness (QED) is 0.673. The smallest absolute Gasteiger partial charge is 0.0582 e.